The van der Waals surface area contributed by atoms with E-state index in [1.807, 2.05) is 61.5 Å². The van der Waals surface area contributed by atoms with Crippen LogP contribution in [0.2, 0.25) is 0 Å². The van der Waals surface area contributed by atoms with Crippen molar-refractivity contribution in [1.29, 1.82) is 0 Å². The zero-order chi connectivity index (χ0) is 12.1. The molecule has 3 heteroatoms. The maximum atomic E-state index is 11.8. The number of hydrogen-bond acceptors (Lipinski definition) is 1. The SMILES string of the molecule is Cc1ccc([S@](=O)N=Cc2ccccc2)cc1. The van der Waals surface area contributed by atoms with Crippen LogP contribution >= 0.6 is 0 Å². The molecule has 0 aromatic heterocycles. The van der Waals surface area contributed by atoms with Crippen molar-refractivity contribution in [3.05, 3.63) is 65.7 Å². The Bertz CT molecular complexity index is 532. The average molecular weight is 243 g/mol. The Hall–Kier alpha value is -1.74. The van der Waals surface area contributed by atoms with Crippen LogP contribution in [0.1, 0.15) is 11.1 Å². The van der Waals surface area contributed by atoms with E-state index in [-0.39, 0.29) is 0 Å². The summed E-state index contributed by atoms with van der Waals surface area (Å²) in [5, 5.41) is 0. The summed E-state index contributed by atoms with van der Waals surface area (Å²) in [7, 11) is -1.32. The van der Waals surface area contributed by atoms with Crippen LogP contribution in [0.3, 0.4) is 0 Å². The molecule has 0 unspecified atom stereocenters. The fraction of sp³-hybridized carbons (Fsp3) is 0.0714. The van der Waals surface area contributed by atoms with Gasteiger partial charge in [0.25, 0.3) is 0 Å². The molecule has 0 heterocycles. The van der Waals surface area contributed by atoms with Crippen molar-refractivity contribution < 1.29 is 4.21 Å². The summed E-state index contributed by atoms with van der Waals surface area (Å²) in [6.45, 7) is 2.00. The molecule has 0 aliphatic rings. The highest BCUT2D eigenvalue weighted by atomic mass is 32.2. The second-order valence-electron chi connectivity index (χ2n) is 3.71. The molecule has 2 rings (SSSR count). The van der Waals surface area contributed by atoms with Crippen molar-refractivity contribution in [2.45, 2.75) is 11.8 Å². The Morgan fingerprint density at radius 1 is 1.00 bits per heavy atom. The highest BCUT2D eigenvalue weighted by Crippen LogP contribution is 2.09. The molecule has 0 radical (unpaired) electrons. The second kappa shape index (κ2) is 5.55. The number of aryl methyl sites for hydroxylation is 1. The van der Waals surface area contributed by atoms with E-state index in [1.165, 1.54) is 0 Å². The first-order valence-corrected chi connectivity index (χ1v) is 6.44. The number of rotatable bonds is 3. The van der Waals surface area contributed by atoms with Crippen LogP contribution < -0.4 is 0 Å². The maximum Gasteiger partial charge on any atom is 0.172 e. The van der Waals surface area contributed by atoms with Crippen molar-refractivity contribution in [3.63, 3.8) is 0 Å². The minimum Gasteiger partial charge on any atom is -0.229 e. The number of hydrogen-bond donors (Lipinski definition) is 0. The normalized spacial score (nSPS) is 12.8. The minimum absolute atomic E-state index is 0.725. The van der Waals surface area contributed by atoms with Gasteiger partial charge in [-0.25, -0.2) is 4.21 Å². The van der Waals surface area contributed by atoms with Gasteiger partial charge in [0.2, 0.25) is 0 Å². The molecule has 0 saturated carbocycles. The summed E-state index contributed by atoms with van der Waals surface area (Å²) in [6, 6.07) is 17.2. The predicted molar refractivity (Wildman–Crippen MR) is 71.6 cm³/mol. The molecule has 0 fully saturated rings. The second-order valence-corrected chi connectivity index (χ2v) is 4.89. The summed E-state index contributed by atoms with van der Waals surface area (Å²) >= 11 is 0. The van der Waals surface area contributed by atoms with Crippen molar-refractivity contribution >= 4 is 17.2 Å². The maximum absolute atomic E-state index is 11.8. The summed E-state index contributed by atoms with van der Waals surface area (Å²) in [6.07, 6.45) is 1.63. The Balaban J connectivity index is 2.12. The first-order valence-electron chi connectivity index (χ1n) is 5.33. The summed E-state index contributed by atoms with van der Waals surface area (Å²) in [4.78, 5) is 0.725. The topological polar surface area (TPSA) is 29.4 Å². The monoisotopic (exact) mass is 243 g/mol. The van der Waals surface area contributed by atoms with E-state index in [2.05, 4.69) is 4.40 Å². The van der Waals surface area contributed by atoms with Crippen molar-refractivity contribution in [3.8, 4) is 0 Å². The number of benzene rings is 2. The Morgan fingerprint density at radius 3 is 2.29 bits per heavy atom. The molecule has 0 saturated heterocycles. The van der Waals surface area contributed by atoms with Crippen LogP contribution in [0.5, 0.6) is 0 Å². The van der Waals surface area contributed by atoms with Gasteiger partial charge in [-0.05, 0) is 24.6 Å². The average Bonchev–Trinajstić information content (AvgIpc) is 2.38. The van der Waals surface area contributed by atoms with E-state index < -0.39 is 11.0 Å². The molecule has 2 nitrogen and oxygen atoms in total. The lowest BCUT2D eigenvalue weighted by molar-refractivity contribution is 0.684. The molecule has 17 heavy (non-hydrogen) atoms. The van der Waals surface area contributed by atoms with Crippen molar-refractivity contribution in [2.75, 3.05) is 0 Å². The van der Waals surface area contributed by atoms with Gasteiger partial charge in [0, 0.05) is 6.21 Å². The highest BCUT2D eigenvalue weighted by molar-refractivity contribution is 7.83. The van der Waals surface area contributed by atoms with Crippen LogP contribution in [0.4, 0.5) is 0 Å². The lowest BCUT2D eigenvalue weighted by atomic mass is 10.2. The Morgan fingerprint density at radius 2 is 1.65 bits per heavy atom. The number of nitrogens with zero attached hydrogens (tertiary/aromatic N) is 1. The van der Waals surface area contributed by atoms with Crippen LogP contribution in [0.15, 0.2) is 63.9 Å². The van der Waals surface area contributed by atoms with Gasteiger partial charge in [0.1, 0.15) is 0 Å². The quantitative estimate of drug-likeness (QED) is 0.761. The van der Waals surface area contributed by atoms with Crippen LogP contribution in [0.25, 0.3) is 0 Å². The molecule has 2 aromatic carbocycles. The van der Waals surface area contributed by atoms with Crippen molar-refractivity contribution in [2.24, 2.45) is 4.40 Å². The fourth-order valence-electron chi connectivity index (χ4n) is 1.36. The molecular weight excluding hydrogens is 230 g/mol. The molecule has 2 aromatic rings. The molecule has 0 bridgehead atoms. The van der Waals surface area contributed by atoms with Gasteiger partial charge in [-0.2, -0.15) is 4.40 Å². The molecule has 0 aliphatic carbocycles. The molecule has 86 valence electrons. The molecule has 0 N–H and O–H groups in total. The molecule has 0 spiro atoms. The van der Waals surface area contributed by atoms with Gasteiger partial charge in [-0.3, -0.25) is 0 Å². The van der Waals surface area contributed by atoms with E-state index in [4.69, 9.17) is 0 Å². The van der Waals surface area contributed by atoms with E-state index in [0.717, 1.165) is 16.0 Å². The summed E-state index contributed by atoms with van der Waals surface area (Å²) in [5.41, 5.74) is 2.10. The third-order valence-corrected chi connectivity index (χ3v) is 3.29. The largest absolute Gasteiger partial charge is 0.229 e. The van der Waals surface area contributed by atoms with Gasteiger partial charge < -0.3 is 0 Å². The Kier molecular flexibility index (Phi) is 3.83. The van der Waals surface area contributed by atoms with E-state index >= 15 is 0 Å². The summed E-state index contributed by atoms with van der Waals surface area (Å²) in [5.74, 6) is 0. The van der Waals surface area contributed by atoms with Crippen LogP contribution in [0, 0.1) is 6.92 Å². The van der Waals surface area contributed by atoms with E-state index in [0.29, 0.717) is 0 Å². The van der Waals surface area contributed by atoms with Gasteiger partial charge >= 0.3 is 0 Å². The lowest BCUT2D eigenvalue weighted by Gasteiger charge is -1.97. The first kappa shape index (κ1) is 11.7. The third-order valence-electron chi connectivity index (χ3n) is 2.32. The summed E-state index contributed by atoms with van der Waals surface area (Å²) < 4.78 is 15.9. The smallest absolute Gasteiger partial charge is 0.172 e. The third kappa shape index (κ3) is 3.36. The van der Waals surface area contributed by atoms with Gasteiger partial charge in [0.15, 0.2) is 11.0 Å². The standard InChI is InChI=1S/C14H13NOS/c1-12-7-9-14(10-8-12)17(16)15-11-13-5-3-2-4-6-13/h2-11H,1H3/t17-/m0/s1. The molecule has 1 atom stereocenters. The van der Waals surface area contributed by atoms with Crippen LogP contribution in [-0.2, 0) is 11.0 Å². The van der Waals surface area contributed by atoms with Gasteiger partial charge in [-0.15, -0.1) is 0 Å². The van der Waals surface area contributed by atoms with Crippen LogP contribution in [-0.4, -0.2) is 10.4 Å². The van der Waals surface area contributed by atoms with E-state index in [9.17, 15) is 4.21 Å². The molecule has 0 amide bonds. The lowest BCUT2D eigenvalue weighted by Crippen LogP contribution is -1.89. The zero-order valence-corrected chi connectivity index (χ0v) is 10.4. The highest BCUT2D eigenvalue weighted by Gasteiger charge is 1.99. The van der Waals surface area contributed by atoms with E-state index in [1.54, 1.807) is 6.21 Å². The zero-order valence-electron chi connectivity index (χ0n) is 9.54. The first-order chi connectivity index (χ1) is 8.25. The van der Waals surface area contributed by atoms with Crippen molar-refractivity contribution in [1.82, 2.24) is 0 Å². The minimum atomic E-state index is -1.32. The molecule has 0 aliphatic heterocycles. The Labute approximate surface area is 104 Å². The fourth-order valence-corrected chi connectivity index (χ4v) is 2.07. The predicted octanol–water partition coefficient (Wildman–Crippen LogP) is 3.14. The van der Waals surface area contributed by atoms with Gasteiger partial charge in [0.05, 0.1) is 4.90 Å². The van der Waals surface area contributed by atoms with Gasteiger partial charge in [-0.1, -0.05) is 48.0 Å². The molecular formula is C14H13NOS.